The molecule has 5 heteroatoms. The number of hydrogen-bond acceptors (Lipinski definition) is 3. The third-order valence-electron chi connectivity index (χ3n) is 4.71. The van der Waals surface area contributed by atoms with Gasteiger partial charge < -0.3 is 14.8 Å². The Balaban J connectivity index is 2.03. The van der Waals surface area contributed by atoms with Gasteiger partial charge in [0.05, 0.1) is 7.11 Å². The second-order valence-electron chi connectivity index (χ2n) is 6.80. The van der Waals surface area contributed by atoms with Gasteiger partial charge in [0.15, 0.2) is 0 Å². The molecule has 2 aromatic rings. The average molecular weight is 316 g/mol. The first kappa shape index (κ1) is 15.9. The molecule has 124 valence electrons. The minimum absolute atomic E-state index is 0.514. The Morgan fingerprint density at radius 3 is 2.65 bits per heavy atom. The highest BCUT2D eigenvalue weighted by molar-refractivity contribution is 5.90. The summed E-state index contributed by atoms with van der Waals surface area (Å²) in [6.45, 7) is 6.02. The number of benzene rings is 1. The molecule has 0 bridgehead atoms. The summed E-state index contributed by atoms with van der Waals surface area (Å²) in [5.41, 5.74) is 1.75. The quantitative estimate of drug-likeness (QED) is 0.908. The number of ether oxygens (including phenoxy) is 1. The molecule has 0 aliphatic carbocycles. The number of hydrogen-bond donors (Lipinski definition) is 2. The maximum Gasteiger partial charge on any atom is 0.325 e. The Kier molecular flexibility index (Phi) is 4.31. The van der Waals surface area contributed by atoms with Gasteiger partial charge in [0, 0.05) is 35.8 Å². The third kappa shape index (κ3) is 3.06. The van der Waals surface area contributed by atoms with Crippen LogP contribution < -0.4 is 4.74 Å². The molecule has 5 nitrogen and oxygen atoms in total. The van der Waals surface area contributed by atoms with E-state index in [4.69, 9.17) is 4.74 Å². The zero-order valence-corrected chi connectivity index (χ0v) is 13.9. The van der Waals surface area contributed by atoms with Crippen LogP contribution in [0.5, 0.6) is 5.75 Å². The molecule has 0 unspecified atom stereocenters. The summed E-state index contributed by atoms with van der Waals surface area (Å²) in [6.07, 6.45) is 2.98. The molecule has 1 aromatic carbocycles. The van der Waals surface area contributed by atoms with Crippen LogP contribution in [0, 0.1) is 11.8 Å². The number of piperidine rings is 1. The Bertz CT molecular complexity index is 699. The normalized spacial score (nSPS) is 23.8. The molecule has 1 aromatic heterocycles. The van der Waals surface area contributed by atoms with Crippen LogP contribution in [-0.4, -0.2) is 41.2 Å². The van der Waals surface area contributed by atoms with E-state index in [0.717, 1.165) is 41.7 Å². The van der Waals surface area contributed by atoms with E-state index >= 15 is 0 Å². The molecule has 1 aliphatic heterocycles. The fourth-order valence-corrected chi connectivity index (χ4v) is 3.88. The van der Waals surface area contributed by atoms with Crippen LogP contribution in [-0.2, 0) is 4.79 Å². The van der Waals surface area contributed by atoms with E-state index in [1.54, 1.807) is 7.11 Å². The van der Waals surface area contributed by atoms with Crippen molar-refractivity contribution in [1.82, 2.24) is 9.88 Å². The smallest absolute Gasteiger partial charge is 0.325 e. The van der Waals surface area contributed by atoms with Crippen LogP contribution in [0.1, 0.15) is 31.9 Å². The van der Waals surface area contributed by atoms with Gasteiger partial charge in [-0.05, 0) is 36.5 Å². The topological polar surface area (TPSA) is 65.6 Å². The van der Waals surface area contributed by atoms with E-state index in [1.807, 2.05) is 24.4 Å². The van der Waals surface area contributed by atoms with Crippen molar-refractivity contribution in [2.75, 3.05) is 20.2 Å². The number of methoxy groups -OCH3 is 1. The number of fused-ring (bicyclic) bond motifs is 1. The number of likely N-dealkylation sites (tertiary alicyclic amines) is 1. The van der Waals surface area contributed by atoms with E-state index in [1.165, 1.54) is 0 Å². The molecule has 23 heavy (non-hydrogen) atoms. The van der Waals surface area contributed by atoms with Gasteiger partial charge in [-0.3, -0.25) is 9.69 Å². The summed E-state index contributed by atoms with van der Waals surface area (Å²) in [4.78, 5) is 17.3. The van der Waals surface area contributed by atoms with Crippen LogP contribution in [0.2, 0.25) is 0 Å². The van der Waals surface area contributed by atoms with Crippen molar-refractivity contribution in [2.45, 2.75) is 26.3 Å². The molecule has 3 rings (SSSR count). The molecular weight excluding hydrogens is 292 g/mol. The van der Waals surface area contributed by atoms with Crippen molar-refractivity contribution in [3.63, 3.8) is 0 Å². The first-order valence-corrected chi connectivity index (χ1v) is 8.11. The molecule has 2 heterocycles. The van der Waals surface area contributed by atoms with Crippen molar-refractivity contribution in [3.05, 3.63) is 30.0 Å². The Labute approximate surface area is 136 Å². The van der Waals surface area contributed by atoms with E-state index in [9.17, 15) is 9.90 Å². The lowest BCUT2D eigenvalue weighted by Crippen LogP contribution is -2.43. The number of aromatic amines is 1. The maximum absolute atomic E-state index is 12.0. The summed E-state index contributed by atoms with van der Waals surface area (Å²) in [6, 6.07) is 5.09. The first-order valence-electron chi connectivity index (χ1n) is 8.11. The number of nitrogens with one attached hydrogen (secondary N) is 1. The Morgan fingerprint density at radius 1 is 1.35 bits per heavy atom. The zero-order chi connectivity index (χ0) is 16.6. The van der Waals surface area contributed by atoms with E-state index in [-0.39, 0.29) is 0 Å². The standard InChI is InChI=1S/C18H24N2O3/c1-11-6-12(2)10-20(9-11)17(18(21)22)15-8-19-16-5-4-13(23-3)7-14(15)16/h4-5,7-8,11-12,17,19H,6,9-10H2,1-3H3,(H,21,22)/t11-,12+,17-/m0/s1. The highest BCUT2D eigenvalue weighted by atomic mass is 16.5. The molecule has 0 saturated carbocycles. The number of carbonyl (C=O) groups is 1. The second kappa shape index (κ2) is 6.24. The van der Waals surface area contributed by atoms with Gasteiger partial charge in [-0.1, -0.05) is 13.8 Å². The molecular formula is C18H24N2O3. The van der Waals surface area contributed by atoms with Gasteiger partial charge in [-0.15, -0.1) is 0 Å². The zero-order valence-electron chi connectivity index (χ0n) is 13.9. The predicted octanol–water partition coefficient (Wildman–Crippen LogP) is 3.28. The monoisotopic (exact) mass is 316 g/mol. The van der Waals surface area contributed by atoms with Gasteiger partial charge >= 0.3 is 5.97 Å². The number of aromatic nitrogens is 1. The van der Waals surface area contributed by atoms with E-state index in [0.29, 0.717) is 11.8 Å². The predicted molar refractivity (Wildman–Crippen MR) is 89.7 cm³/mol. The molecule has 1 aliphatic rings. The number of H-pyrrole nitrogens is 1. The molecule has 1 fully saturated rings. The summed E-state index contributed by atoms with van der Waals surface area (Å²) in [5, 5.41) is 10.8. The average Bonchev–Trinajstić information content (AvgIpc) is 2.89. The number of aliphatic carboxylic acids is 1. The molecule has 1 saturated heterocycles. The minimum atomic E-state index is -0.796. The van der Waals surface area contributed by atoms with Crippen LogP contribution in [0.3, 0.4) is 0 Å². The lowest BCUT2D eigenvalue weighted by molar-refractivity contribution is -0.144. The largest absolute Gasteiger partial charge is 0.497 e. The van der Waals surface area contributed by atoms with Gasteiger partial charge in [-0.2, -0.15) is 0 Å². The van der Waals surface area contributed by atoms with Crippen molar-refractivity contribution >= 4 is 16.9 Å². The Morgan fingerprint density at radius 2 is 2.04 bits per heavy atom. The summed E-state index contributed by atoms with van der Waals surface area (Å²) < 4.78 is 5.29. The van der Waals surface area contributed by atoms with Crippen molar-refractivity contribution in [1.29, 1.82) is 0 Å². The SMILES string of the molecule is COc1ccc2[nH]cc([C@@H](C(=O)O)N3C[C@H](C)C[C@H](C)C3)c2c1. The lowest BCUT2D eigenvalue weighted by atomic mass is 9.89. The van der Waals surface area contributed by atoms with Crippen LogP contribution in [0.4, 0.5) is 0 Å². The number of carboxylic acid groups (broad SMARTS) is 1. The fraction of sp³-hybridized carbons (Fsp3) is 0.500. The van der Waals surface area contributed by atoms with E-state index < -0.39 is 12.0 Å². The molecule has 0 amide bonds. The highest BCUT2D eigenvalue weighted by Gasteiger charge is 2.34. The van der Waals surface area contributed by atoms with Crippen molar-refractivity contribution in [3.8, 4) is 5.75 Å². The van der Waals surface area contributed by atoms with Crippen LogP contribution in [0.15, 0.2) is 24.4 Å². The fourth-order valence-electron chi connectivity index (χ4n) is 3.88. The van der Waals surface area contributed by atoms with Crippen LogP contribution >= 0.6 is 0 Å². The molecule has 3 atom stereocenters. The third-order valence-corrected chi connectivity index (χ3v) is 4.71. The lowest BCUT2D eigenvalue weighted by Gasteiger charge is -2.38. The Hall–Kier alpha value is -2.01. The number of carboxylic acids is 1. The number of nitrogens with zero attached hydrogens (tertiary/aromatic N) is 1. The highest BCUT2D eigenvalue weighted by Crippen LogP contribution is 2.34. The molecule has 2 N–H and O–H groups in total. The summed E-state index contributed by atoms with van der Waals surface area (Å²) >= 11 is 0. The summed E-state index contributed by atoms with van der Waals surface area (Å²) in [7, 11) is 1.62. The van der Waals surface area contributed by atoms with E-state index in [2.05, 4.69) is 23.7 Å². The van der Waals surface area contributed by atoms with Gasteiger partial charge in [0.25, 0.3) is 0 Å². The first-order chi connectivity index (χ1) is 11.0. The summed E-state index contributed by atoms with van der Waals surface area (Å²) in [5.74, 6) is 0.971. The van der Waals surface area contributed by atoms with Gasteiger partial charge in [0.2, 0.25) is 0 Å². The minimum Gasteiger partial charge on any atom is -0.497 e. The van der Waals surface area contributed by atoms with Gasteiger partial charge in [0.1, 0.15) is 11.8 Å². The van der Waals surface area contributed by atoms with Crippen molar-refractivity contribution < 1.29 is 14.6 Å². The molecule has 0 spiro atoms. The van der Waals surface area contributed by atoms with Gasteiger partial charge in [-0.25, -0.2) is 0 Å². The maximum atomic E-state index is 12.0. The number of rotatable bonds is 4. The van der Waals surface area contributed by atoms with Crippen molar-refractivity contribution in [2.24, 2.45) is 11.8 Å². The van der Waals surface area contributed by atoms with Crippen LogP contribution in [0.25, 0.3) is 10.9 Å². The molecule has 0 radical (unpaired) electrons. The second-order valence-corrected chi connectivity index (χ2v) is 6.80.